The first kappa shape index (κ1) is 20.7. The molecule has 0 aliphatic heterocycles. The lowest BCUT2D eigenvalue weighted by Crippen LogP contribution is -2.50. The van der Waals surface area contributed by atoms with E-state index in [4.69, 9.17) is 9.47 Å². The van der Waals surface area contributed by atoms with Gasteiger partial charge in [-0.2, -0.15) is 11.8 Å². The zero-order chi connectivity index (χ0) is 16.0. The molecule has 0 bridgehead atoms. The van der Waals surface area contributed by atoms with Crippen LogP contribution in [0.3, 0.4) is 0 Å². The number of carbonyl (C=O) groups is 1. The van der Waals surface area contributed by atoms with E-state index in [9.17, 15) is 4.79 Å². The third kappa shape index (κ3) is 10.1. The van der Waals surface area contributed by atoms with E-state index in [2.05, 4.69) is 12.2 Å². The second-order valence-corrected chi connectivity index (χ2v) is 6.62. The van der Waals surface area contributed by atoms with Gasteiger partial charge in [-0.3, -0.25) is 4.79 Å². The largest absolute Gasteiger partial charge is 0.465 e. The molecule has 21 heavy (non-hydrogen) atoms. The molecule has 0 aliphatic rings. The van der Waals surface area contributed by atoms with Crippen molar-refractivity contribution in [3.8, 4) is 0 Å². The Hall–Kier alpha value is -0.260. The van der Waals surface area contributed by atoms with Crippen LogP contribution < -0.4 is 5.32 Å². The average molecular weight is 320 g/mol. The van der Waals surface area contributed by atoms with E-state index in [1.807, 2.05) is 25.6 Å². The predicted octanol–water partition coefficient (Wildman–Crippen LogP) is 3.25. The summed E-state index contributed by atoms with van der Waals surface area (Å²) in [5.74, 6) is 2.18. The fourth-order valence-corrected chi connectivity index (χ4v) is 2.98. The lowest BCUT2D eigenvalue weighted by atomic mass is 9.95. The Kier molecular flexibility index (Phi) is 13.2. The number of carbonyl (C=O) groups excluding carboxylic acids is 1. The summed E-state index contributed by atoms with van der Waals surface area (Å²) in [5, 5.41) is 3.35. The van der Waals surface area contributed by atoms with Crippen molar-refractivity contribution in [2.24, 2.45) is 0 Å². The average Bonchev–Trinajstić information content (AvgIpc) is 2.48. The summed E-state index contributed by atoms with van der Waals surface area (Å²) in [4.78, 5) is 12.1. The lowest BCUT2D eigenvalue weighted by molar-refractivity contribution is -0.150. The molecule has 1 unspecified atom stereocenters. The fourth-order valence-electron chi connectivity index (χ4n) is 2.04. The van der Waals surface area contributed by atoms with E-state index in [0.717, 1.165) is 56.8 Å². The van der Waals surface area contributed by atoms with Crippen LogP contribution in [0.15, 0.2) is 0 Å². The minimum Gasteiger partial charge on any atom is -0.465 e. The van der Waals surface area contributed by atoms with Gasteiger partial charge in [0.2, 0.25) is 0 Å². The van der Waals surface area contributed by atoms with Gasteiger partial charge in [0.05, 0.1) is 6.61 Å². The van der Waals surface area contributed by atoms with Crippen molar-refractivity contribution < 1.29 is 14.3 Å². The van der Waals surface area contributed by atoms with Gasteiger partial charge in [-0.05, 0) is 57.6 Å². The number of unbranched alkanes of at least 4 members (excludes halogenated alkanes) is 1. The van der Waals surface area contributed by atoms with Gasteiger partial charge in [0.15, 0.2) is 0 Å². The highest BCUT2D eigenvalue weighted by Crippen LogP contribution is 2.18. The molecule has 0 radical (unpaired) electrons. The first-order chi connectivity index (χ1) is 10.1. The number of hydrogen-bond acceptors (Lipinski definition) is 5. The van der Waals surface area contributed by atoms with Gasteiger partial charge in [0.25, 0.3) is 0 Å². The SMILES string of the molecule is CCCNC(C)(CCCCSCCCOC)C(=O)OCC. The van der Waals surface area contributed by atoms with E-state index >= 15 is 0 Å². The monoisotopic (exact) mass is 319 g/mol. The summed E-state index contributed by atoms with van der Waals surface area (Å²) >= 11 is 1.96. The first-order valence-corrected chi connectivity index (χ1v) is 9.25. The minimum atomic E-state index is -0.535. The maximum atomic E-state index is 12.1. The Morgan fingerprint density at radius 2 is 1.90 bits per heavy atom. The van der Waals surface area contributed by atoms with E-state index in [1.54, 1.807) is 7.11 Å². The van der Waals surface area contributed by atoms with E-state index in [0.29, 0.717) is 6.61 Å². The summed E-state index contributed by atoms with van der Waals surface area (Å²) in [6.07, 6.45) is 5.15. The molecule has 1 N–H and O–H groups in total. The highest BCUT2D eigenvalue weighted by molar-refractivity contribution is 7.99. The number of hydrogen-bond donors (Lipinski definition) is 1. The molecule has 0 saturated carbocycles. The Morgan fingerprint density at radius 3 is 2.52 bits per heavy atom. The molecule has 4 nitrogen and oxygen atoms in total. The summed E-state index contributed by atoms with van der Waals surface area (Å²) in [6.45, 7) is 8.06. The number of rotatable bonds is 14. The number of methoxy groups -OCH3 is 1. The molecule has 0 heterocycles. The second-order valence-electron chi connectivity index (χ2n) is 5.40. The molecule has 0 spiro atoms. The summed E-state index contributed by atoms with van der Waals surface area (Å²) in [6, 6.07) is 0. The molecule has 0 aromatic heterocycles. The second kappa shape index (κ2) is 13.4. The molecule has 0 amide bonds. The van der Waals surface area contributed by atoms with E-state index in [-0.39, 0.29) is 5.97 Å². The van der Waals surface area contributed by atoms with Crippen LogP contribution >= 0.6 is 11.8 Å². The normalized spacial score (nSPS) is 13.9. The van der Waals surface area contributed by atoms with Crippen LogP contribution in [0.25, 0.3) is 0 Å². The number of nitrogens with one attached hydrogen (secondary N) is 1. The standard InChI is InChI=1S/C16H33NO3S/c1-5-11-17-16(3,15(18)20-6-2)10-7-8-13-21-14-9-12-19-4/h17H,5-14H2,1-4H3. The molecule has 0 saturated heterocycles. The van der Waals surface area contributed by atoms with Crippen LogP contribution in [0, 0.1) is 0 Å². The van der Waals surface area contributed by atoms with Crippen molar-refractivity contribution >= 4 is 17.7 Å². The van der Waals surface area contributed by atoms with Gasteiger partial charge in [-0.25, -0.2) is 0 Å². The van der Waals surface area contributed by atoms with Gasteiger partial charge in [0.1, 0.15) is 5.54 Å². The van der Waals surface area contributed by atoms with Crippen molar-refractivity contribution in [1.29, 1.82) is 0 Å². The molecule has 126 valence electrons. The lowest BCUT2D eigenvalue weighted by Gasteiger charge is -2.28. The molecular formula is C16H33NO3S. The topological polar surface area (TPSA) is 47.6 Å². The maximum Gasteiger partial charge on any atom is 0.326 e. The number of thioether (sulfide) groups is 1. The molecule has 5 heteroatoms. The first-order valence-electron chi connectivity index (χ1n) is 8.09. The van der Waals surface area contributed by atoms with Crippen LogP contribution in [-0.2, 0) is 14.3 Å². The van der Waals surface area contributed by atoms with Crippen LogP contribution in [0.4, 0.5) is 0 Å². The Balaban J connectivity index is 3.93. The molecule has 0 fully saturated rings. The smallest absolute Gasteiger partial charge is 0.326 e. The molecule has 0 aromatic carbocycles. The number of esters is 1. The van der Waals surface area contributed by atoms with Crippen molar-refractivity contribution in [3.05, 3.63) is 0 Å². The van der Waals surface area contributed by atoms with Crippen molar-refractivity contribution in [3.63, 3.8) is 0 Å². The summed E-state index contributed by atoms with van der Waals surface area (Å²) in [7, 11) is 1.74. The molecule has 1 atom stereocenters. The molecule has 0 aliphatic carbocycles. The van der Waals surface area contributed by atoms with Crippen molar-refractivity contribution in [2.75, 3.05) is 38.4 Å². The predicted molar refractivity (Wildman–Crippen MR) is 91.0 cm³/mol. The highest BCUT2D eigenvalue weighted by atomic mass is 32.2. The van der Waals surface area contributed by atoms with Gasteiger partial charge in [-0.1, -0.05) is 13.3 Å². The van der Waals surface area contributed by atoms with Crippen LogP contribution in [0.5, 0.6) is 0 Å². The van der Waals surface area contributed by atoms with Crippen LogP contribution in [0.1, 0.15) is 52.9 Å². The van der Waals surface area contributed by atoms with Gasteiger partial charge in [-0.15, -0.1) is 0 Å². The maximum absolute atomic E-state index is 12.1. The summed E-state index contributed by atoms with van der Waals surface area (Å²) in [5.41, 5.74) is -0.535. The molecule has 0 aromatic rings. The van der Waals surface area contributed by atoms with E-state index < -0.39 is 5.54 Å². The van der Waals surface area contributed by atoms with Crippen LogP contribution in [-0.4, -0.2) is 49.9 Å². The molecule has 0 rings (SSSR count). The zero-order valence-corrected chi connectivity index (χ0v) is 15.0. The summed E-state index contributed by atoms with van der Waals surface area (Å²) < 4.78 is 10.2. The van der Waals surface area contributed by atoms with Crippen molar-refractivity contribution in [1.82, 2.24) is 5.32 Å². The van der Waals surface area contributed by atoms with Gasteiger partial charge >= 0.3 is 5.97 Å². The molecular weight excluding hydrogens is 286 g/mol. The third-order valence-electron chi connectivity index (χ3n) is 3.34. The number of ether oxygens (including phenoxy) is 2. The Labute approximate surface area is 134 Å². The van der Waals surface area contributed by atoms with Gasteiger partial charge in [0, 0.05) is 13.7 Å². The van der Waals surface area contributed by atoms with E-state index in [1.165, 1.54) is 0 Å². The van der Waals surface area contributed by atoms with Gasteiger partial charge < -0.3 is 14.8 Å². The fraction of sp³-hybridized carbons (Fsp3) is 0.938. The highest BCUT2D eigenvalue weighted by Gasteiger charge is 2.33. The van der Waals surface area contributed by atoms with Crippen LogP contribution in [0.2, 0.25) is 0 Å². The zero-order valence-electron chi connectivity index (χ0n) is 14.2. The van der Waals surface area contributed by atoms with Crippen molar-refractivity contribution in [2.45, 2.75) is 58.4 Å². The Morgan fingerprint density at radius 1 is 1.19 bits per heavy atom. The third-order valence-corrected chi connectivity index (χ3v) is 4.50. The quantitative estimate of drug-likeness (QED) is 0.393. The minimum absolute atomic E-state index is 0.119. The Bertz CT molecular complexity index is 264.